The van der Waals surface area contributed by atoms with Crippen molar-refractivity contribution in [3.8, 4) is 5.75 Å². The Kier molecular flexibility index (Phi) is 6.72. The van der Waals surface area contributed by atoms with Crippen LogP contribution in [0.3, 0.4) is 0 Å². The molecule has 2 amide bonds. The molecule has 2 atom stereocenters. The van der Waals surface area contributed by atoms with Crippen molar-refractivity contribution in [1.82, 2.24) is 10.2 Å². The number of likely N-dealkylation sites (tertiary alicyclic amines) is 1. The largest absolute Gasteiger partial charge is 0.493 e. The lowest BCUT2D eigenvalue weighted by atomic mass is 9.98. The molecule has 2 saturated heterocycles. The monoisotopic (exact) mass is 374 g/mol. The molecule has 0 aromatic heterocycles. The minimum Gasteiger partial charge on any atom is -0.493 e. The van der Waals surface area contributed by atoms with Crippen molar-refractivity contribution >= 4 is 11.8 Å². The van der Waals surface area contributed by atoms with Gasteiger partial charge in [0.15, 0.2) is 0 Å². The number of amides is 2. The number of nitrogens with one attached hydrogen (secondary N) is 1. The van der Waals surface area contributed by atoms with Gasteiger partial charge >= 0.3 is 0 Å². The van der Waals surface area contributed by atoms with E-state index in [2.05, 4.69) is 5.32 Å². The normalized spacial score (nSPS) is 22.7. The second-order valence-corrected chi connectivity index (χ2v) is 7.76. The first-order valence-corrected chi connectivity index (χ1v) is 9.97. The van der Waals surface area contributed by atoms with Gasteiger partial charge in [-0.2, -0.15) is 0 Å². The SMILES string of the molecule is CC(C)NC(=O)c1ccc(OC[C@@H]2CCCN(C(=O)[C@H]3CCCO3)C2)cc1. The van der Waals surface area contributed by atoms with E-state index in [-0.39, 0.29) is 24.0 Å². The fourth-order valence-corrected chi connectivity index (χ4v) is 3.64. The van der Waals surface area contributed by atoms with Gasteiger partial charge in [0.05, 0.1) is 6.61 Å². The highest BCUT2D eigenvalue weighted by molar-refractivity contribution is 5.94. The number of benzene rings is 1. The van der Waals surface area contributed by atoms with Crippen LogP contribution in [0.2, 0.25) is 0 Å². The molecule has 0 radical (unpaired) electrons. The number of hydrogen-bond acceptors (Lipinski definition) is 4. The molecule has 1 aromatic carbocycles. The fourth-order valence-electron chi connectivity index (χ4n) is 3.64. The summed E-state index contributed by atoms with van der Waals surface area (Å²) in [6.07, 6.45) is 3.63. The Labute approximate surface area is 161 Å². The molecule has 0 unspecified atom stereocenters. The molecule has 6 nitrogen and oxygen atoms in total. The van der Waals surface area contributed by atoms with Crippen LogP contribution in [0, 0.1) is 5.92 Å². The van der Waals surface area contributed by atoms with Crippen LogP contribution in [-0.4, -0.2) is 55.2 Å². The number of nitrogens with zero attached hydrogens (tertiary/aromatic N) is 1. The van der Waals surface area contributed by atoms with Gasteiger partial charge in [0.2, 0.25) is 0 Å². The first kappa shape index (κ1) is 19.7. The van der Waals surface area contributed by atoms with E-state index >= 15 is 0 Å². The zero-order valence-electron chi connectivity index (χ0n) is 16.3. The predicted molar refractivity (Wildman–Crippen MR) is 103 cm³/mol. The molecule has 0 spiro atoms. The second kappa shape index (κ2) is 9.22. The molecule has 0 bridgehead atoms. The third-order valence-electron chi connectivity index (χ3n) is 5.06. The van der Waals surface area contributed by atoms with Gasteiger partial charge in [-0.25, -0.2) is 0 Å². The molecule has 0 aliphatic carbocycles. The molecule has 27 heavy (non-hydrogen) atoms. The summed E-state index contributed by atoms with van der Waals surface area (Å²) in [7, 11) is 0. The average molecular weight is 374 g/mol. The molecule has 6 heteroatoms. The Hall–Kier alpha value is -2.08. The quantitative estimate of drug-likeness (QED) is 0.831. The van der Waals surface area contributed by atoms with E-state index in [1.165, 1.54) is 0 Å². The number of carbonyl (C=O) groups excluding carboxylic acids is 2. The van der Waals surface area contributed by atoms with Gasteiger partial charge in [-0.3, -0.25) is 9.59 Å². The Balaban J connectivity index is 1.47. The highest BCUT2D eigenvalue weighted by Crippen LogP contribution is 2.22. The molecule has 2 fully saturated rings. The van der Waals surface area contributed by atoms with Gasteiger partial charge < -0.3 is 19.7 Å². The Morgan fingerprint density at radius 1 is 1.22 bits per heavy atom. The van der Waals surface area contributed by atoms with E-state index in [0.29, 0.717) is 24.7 Å². The van der Waals surface area contributed by atoms with Crippen molar-refractivity contribution in [2.75, 3.05) is 26.3 Å². The summed E-state index contributed by atoms with van der Waals surface area (Å²) in [6.45, 7) is 6.69. The lowest BCUT2D eigenvalue weighted by Gasteiger charge is -2.34. The molecule has 1 N–H and O–H groups in total. The summed E-state index contributed by atoms with van der Waals surface area (Å²) in [5.41, 5.74) is 0.627. The highest BCUT2D eigenvalue weighted by atomic mass is 16.5. The Morgan fingerprint density at radius 2 is 2.00 bits per heavy atom. The third-order valence-corrected chi connectivity index (χ3v) is 5.06. The van der Waals surface area contributed by atoms with E-state index in [1.54, 1.807) is 12.1 Å². The van der Waals surface area contributed by atoms with Gasteiger partial charge in [-0.15, -0.1) is 0 Å². The number of rotatable bonds is 6. The number of piperidine rings is 1. The first-order valence-electron chi connectivity index (χ1n) is 9.97. The van der Waals surface area contributed by atoms with Gasteiger partial charge in [-0.1, -0.05) is 0 Å². The summed E-state index contributed by atoms with van der Waals surface area (Å²) in [4.78, 5) is 26.4. The molecule has 3 rings (SSSR count). The van der Waals surface area contributed by atoms with Gasteiger partial charge in [0.25, 0.3) is 11.8 Å². The summed E-state index contributed by atoms with van der Waals surface area (Å²) >= 11 is 0. The minimum atomic E-state index is -0.241. The van der Waals surface area contributed by atoms with Crippen molar-refractivity contribution in [1.29, 1.82) is 0 Å². The lowest BCUT2D eigenvalue weighted by Crippen LogP contribution is -2.45. The van der Waals surface area contributed by atoms with Crippen LogP contribution in [-0.2, 0) is 9.53 Å². The smallest absolute Gasteiger partial charge is 0.251 e. The third kappa shape index (κ3) is 5.45. The topological polar surface area (TPSA) is 67.9 Å². The van der Waals surface area contributed by atoms with Crippen molar-refractivity contribution < 1.29 is 19.1 Å². The van der Waals surface area contributed by atoms with Crippen LogP contribution in [0.1, 0.15) is 49.9 Å². The van der Waals surface area contributed by atoms with Crippen LogP contribution >= 0.6 is 0 Å². The lowest BCUT2D eigenvalue weighted by molar-refractivity contribution is -0.143. The number of carbonyl (C=O) groups is 2. The maximum Gasteiger partial charge on any atom is 0.251 e. The molecule has 2 aliphatic heterocycles. The predicted octanol–water partition coefficient (Wildman–Crippen LogP) is 2.62. The number of ether oxygens (including phenoxy) is 2. The van der Waals surface area contributed by atoms with Crippen LogP contribution in [0.25, 0.3) is 0 Å². The number of hydrogen-bond donors (Lipinski definition) is 1. The van der Waals surface area contributed by atoms with Gasteiger partial charge in [0, 0.05) is 37.2 Å². The van der Waals surface area contributed by atoms with E-state index in [9.17, 15) is 9.59 Å². The maximum atomic E-state index is 12.5. The molecular weight excluding hydrogens is 344 g/mol. The van der Waals surface area contributed by atoms with Gasteiger partial charge in [-0.05, 0) is 63.8 Å². The van der Waals surface area contributed by atoms with E-state index < -0.39 is 0 Å². The Bertz CT molecular complexity index is 638. The molecule has 0 saturated carbocycles. The fraction of sp³-hybridized carbons (Fsp3) is 0.619. The van der Waals surface area contributed by atoms with Crippen LogP contribution < -0.4 is 10.1 Å². The van der Waals surface area contributed by atoms with Crippen LogP contribution in [0.4, 0.5) is 0 Å². The van der Waals surface area contributed by atoms with Crippen LogP contribution in [0.15, 0.2) is 24.3 Å². The second-order valence-electron chi connectivity index (χ2n) is 7.76. The summed E-state index contributed by atoms with van der Waals surface area (Å²) in [5, 5.41) is 2.87. The minimum absolute atomic E-state index is 0.0767. The maximum absolute atomic E-state index is 12.5. The average Bonchev–Trinajstić information content (AvgIpc) is 3.20. The van der Waals surface area contributed by atoms with Gasteiger partial charge in [0.1, 0.15) is 11.9 Å². The molecule has 2 heterocycles. The molecule has 1 aromatic rings. The van der Waals surface area contributed by atoms with E-state index in [1.807, 2.05) is 30.9 Å². The van der Waals surface area contributed by atoms with Crippen molar-refractivity contribution in [2.24, 2.45) is 5.92 Å². The van der Waals surface area contributed by atoms with Crippen molar-refractivity contribution in [2.45, 2.75) is 51.7 Å². The Morgan fingerprint density at radius 3 is 2.67 bits per heavy atom. The standard InChI is InChI=1S/C21H30N2O4/c1-15(2)22-20(24)17-7-9-18(10-8-17)27-14-16-5-3-11-23(13-16)21(25)19-6-4-12-26-19/h7-10,15-16,19H,3-6,11-14H2,1-2H3,(H,22,24)/t16-,19-/m1/s1. The van der Waals surface area contributed by atoms with Crippen molar-refractivity contribution in [3.05, 3.63) is 29.8 Å². The summed E-state index contributed by atoms with van der Waals surface area (Å²) < 4.78 is 11.4. The van der Waals surface area contributed by atoms with E-state index in [4.69, 9.17) is 9.47 Å². The zero-order chi connectivity index (χ0) is 19.2. The van der Waals surface area contributed by atoms with E-state index in [0.717, 1.165) is 44.5 Å². The van der Waals surface area contributed by atoms with Crippen molar-refractivity contribution in [3.63, 3.8) is 0 Å². The van der Waals surface area contributed by atoms with Crippen LogP contribution in [0.5, 0.6) is 5.75 Å². The summed E-state index contributed by atoms with van der Waals surface area (Å²) in [6, 6.07) is 7.32. The molecular formula is C21H30N2O4. The first-order chi connectivity index (χ1) is 13.0. The highest BCUT2D eigenvalue weighted by Gasteiger charge is 2.31. The summed E-state index contributed by atoms with van der Waals surface area (Å²) in [5.74, 6) is 1.14. The molecule has 148 valence electrons. The molecule has 2 aliphatic rings. The zero-order valence-corrected chi connectivity index (χ0v) is 16.3.